The first-order chi connectivity index (χ1) is 7.93. The van der Waals surface area contributed by atoms with E-state index >= 15 is 0 Å². The van der Waals surface area contributed by atoms with Crippen LogP contribution in [0.4, 0.5) is 5.82 Å². The van der Waals surface area contributed by atoms with Gasteiger partial charge in [-0.3, -0.25) is 0 Å². The van der Waals surface area contributed by atoms with Crippen molar-refractivity contribution in [3.8, 4) is 0 Å². The Balaban J connectivity index is 3.37. The van der Waals surface area contributed by atoms with Crippen molar-refractivity contribution >= 4 is 5.82 Å². The van der Waals surface area contributed by atoms with Crippen molar-refractivity contribution in [2.45, 2.75) is 32.7 Å². The van der Waals surface area contributed by atoms with E-state index in [1.165, 1.54) is 0 Å². The van der Waals surface area contributed by atoms with Crippen LogP contribution >= 0.6 is 0 Å². The number of nitrogens with two attached hydrogens (primary N) is 1. The molecule has 0 bridgehead atoms. The van der Waals surface area contributed by atoms with Crippen LogP contribution in [0.1, 0.15) is 26.5 Å². The molecule has 4 nitrogen and oxygen atoms in total. The molecule has 0 aromatic carbocycles. The zero-order chi connectivity index (χ0) is 12.9. The number of hydrogen-bond acceptors (Lipinski definition) is 3. The zero-order valence-electron chi connectivity index (χ0n) is 10.7. The average Bonchev–Trinajstić information content (AvgIpc) is 2.28. The molecule has 0 aliphatic rings. The van der Waals surface area contributed by atoms with Crippen LogP contribution in [0.2, 0.25) is 0 Å². The van der Waals surface area contributed by atoms with Crippen LogP contribution < -0.4 is 5.73 Å². The maximum atomic E-state index is 5.75. The number of rotatable bonds is 2. The minimum absolute atomic E-state index is 0.0141. The molecule has 0 saturated carbocycles. The van der Waals surface area contributed by atoms with Gasteiger partial charge in [-0.05, 0) is 12.1 Å². The van der Waals surface area contributed by atoms with E-state index in [4.69, 9.17) is 5.73 Å². The molecule has 0 radical (unpaired) electrons. The van der Waals surface area contributed by atoms with Gasteiger partial charge in [-0.15, -0.1) is 6.58 Å². The van der Waals surface area contributed by atoms with E-state index < -0.39 is 0 Å². The normalized spacial score (nSPS) is 10.8. The van der Waals surface area contributed by atoms with Gasteiger partial charge in [0.1, 0.15) is 12.1 Å². The van der Waals surface area contributed by atoms with Crippen molar-refractivity contribution in [3.05, 3.63) is 42.9 Å². The fourth-order valence-electron chi connectivity index (χ4n) is 1.28. The van der Waals surface area contributed by atoms with E-state index in [1.807, 2.05) is 12.1 Å². The highest BCUT2D eigenvalue weighted by Crippen LogP contribution is 2.17. The average molecular weight is 232 g/mol. The summed E-state index contributed by atoms with van der Waals surface area (Å²) in [5, 5.41) is 4.19. The van der Waals surface area contributed by atoms with Gasteiger partial charge in [0.2, 0.25) is 0 Å². The minimum atomic E-state index is -0.0141. The Labute approximate surface area is 103 Å². The number of allylic oxidation sites excluding steroid dienone is 1. The SMILES string of the molecule is C=CCn1cnc(C(C)(C)C)cccc(N)n1. The summed E-state index contributed by atoms with van der Waals surface area (Å²) < 4.78 is 1.66. The fraction of sp³-hybridized carbons (Fsp3) is 0.385. The molecule has 0 spiro atoms. The van der Waals surface area contributed by atoms with Crippen LogP contribution in [0.5, 0.6) is 0 Å². The first-order valence-electron chi connectivity index (χ1n) is 5.58. The highest BCUT2D eigenvalue weighted by molar-refractivity contribution is 5.24. The maximum absolute atomic E-state index is 5.75. The van der Waals surface area contributed by atoms with Crippen molar-refractivity contribution < 1.29 is 0 Å². The molecule has 1 heterocycles. The third kappa shape index (κ3) is 4.26. The fourth-order valence-corrected chi connectivity index (χ4v) is 1.28. The minimum Gasteiger partial charge on any atom is -0.382 e. The number of nitrogen functional groups attached to an aromatic ring is 1. The second kappa shape index (κ2) is 5.48. The van der Waals surface area contributed by atoms with Crippen LogP contribution in [0, 0.1) is 0 Å². The Hall–Kier alpha value is -1.84. The van der Waals surface area contributed by atoms with Crippen molar-refractivity contribution in [3.63, 3.8) is 0 Å². The maximum Gasteiger partial charge on any atom is 0.143 e. The van der Waals surface area contributed by atoms with E-state index in [2.05, 4.69) is 37.4 Å². The molecule has 1 aromatic heterocycles. The first-order valence-corrected chi connectivity index (χ1v) is 5.58. The summed E-state index contributed by atoms with van der Waals surface area (Å²) in [7, 11) is 0. The van der Waals surface area contributed by atoms with Crippen LogP contribution in [0.25, 0.3) is 0 Å². The predicted octanol–water partition coefficient (Wildman–Crippen LogP) is 2.47. The van der Waals surface area contributed by atoms with Gasteiger partial charge in [-0.1, -0.05) is 32.9 Å². The molecular formula is C13H20N4. The lowest BCUT2D eigenvalue weighted by molar-refractivity contribution is 0.563. The Bertz CT molecular complexity index is 439. The molecule has 17 heavy (non-hydrogen) atoms. The molecule has 1 rings (SSSR count). The molecule has 1 aromatic rings. The lowest BCUT2D eigenvalue weighted by Gasteiger charge is -2.15. The van der Waals surface area contributed by atoms with Gasteiger partial charge in [0, 0.05) is 11.1 Å². The zero-order valence-corrected chi connectivity index (χ0v) is 10.7. The van der Waals surface area contributed by atoms with Crippen LogP contribution in [-0.2, 0) is 12.0 Å². The van der Waals surface area contributed by atoms with Crippen molar-refractivity contribution in [2.24, 2.45) is 0 Å². The summed E-state index contributed by atoms with van der Waals surface area (Å²) in [6.07, 6.45) is 3.43. The third-order valence-electron chi connectivity index (χ3n) is 2.18. The Morgan fingerprint density at radius 1 is 1.41 bits per heavy atom. The number of hydrogen-bond donors (Lipinski definition) is 1. The molecule has 0 amide bonds. The molecule has 0 aliphatic heterocycles. The van der Waals surface area contributed by atoms with E-state index in [0.29, 0.717) is 12.4 Å². The number of aromatic nitrogens is 3. The highest BCUT2D eigenvalue weighted by Gasteiger charge is 2.13. The van der Waals surface area contributed by atoms with E-state index in [9.17, 15) is 0 Å². The molecule has 0 aliphatic carbocycles. The standard InChI is InChI=1S/C13H20N4/c1-5-9-17-10-15-11(13(2,3)4)7-6-8-12(14)16-17/h5-8,10H,1,9H2,2-4H3,(H2,14,16). The summed E-state index contributed by atoms with van der Waals surface area (Å²) in [5.41, 5.74) is 6.71. The van der Waals surface area contributed by atoms with E-state index in [-0.39, 0.29) is 5.41 Å². The summed E-state index contributed by atoms with van der Waals surface area (Å²) >= 11 is 0. The van der Waals surface area contributed by atoms with Gasteiger partial charge in [-0.2, -0.15) is 5.10 Å². The molecule has 4 heteroatoms. The lowest BCUT2D eigenvalue weighted by Crippen LogP contribution is -2.12. The lowest BCUT2D eigenvalue weighted by atomic mass is 9.92. The molecule has 0 fully saturated rings. The Morgan fingerprint density at radius 3 is 2.71 bits per heavy atom. The Kier molecular flexibility index (Phi) is 4.26. The molecule has 0 atom stereocenters. The van der Waals surface area contributed by atoms with Gasteiger partial charge in [0.25, 0.3) is 0 Å². The number of anilines is 1. The smallest absolute Gasteiger partial charge is 0.143 e. The largest absolute Gasteiger partial charge is 0.382 e. The van der Waals surface area contributed by atoms with Crippen molar-refractivity contribution in [1.82, 2.24) is 14.8 Å². The Morgan fingerprint density at radius 2 is 2.12 bits per heavy atom. The molecule has 0 unspecified atom stereocenters. The van der Waals surface area contributed by atoms with Crippen LogP contribution in [0.3, 0.4) is 0 Å². The second-order valence-electron chi connectivity index (χ2n) is 4.84. The highest BCUT2D eigenvalue weighted by atomic mass is 15.3. The number of nitrogens with zero attached hydrogens (tertiary/aromatic N) is 3. The van der Waals surface area contributed by atoms with Gasteiger partial charge in [0.15, 0.2) is 0 Å². The van der Waals surface area contributed by atoms with Gasteiger partial charge in [-0.25, -0.2) is 9.67 Å². The van der Waals surface area contributed by atoms with Gasteiger partial charge in [0.05, 0.1) is 6.54 Å². The molecule has 92 valence electrons. The summed E-state index contributed by atoms with van der Waals surface area (Å²) in [6.45, 7) is 10.6. The van der Waals surface area contributed by atoms with Crippen molar-refractivity contribution in [2.75, 3.05) is 5.73 Å². The molecule has 0 saturated heterocycles. The molecule has 2 N–H and O–H groups in total. The van der Waals surface area contributed by atoms with Crippen molar-refractivity contribution in [1.29, 1.82) is 0 Å². The first kappa shape index (κ1) is 13.2. The summed E-state index contributed by atoms with van der Waals surface area (Å²) in [4.78, 5) is 4.45. The summed E-state index contributed by atoms with van der Waals surface area (Å²) in [6, 6.07) is 5.58. The summed E-state index contributed by atoms with van der Waals surface area (Å²) in [5.74, 6) is 0.449. The van der Waals surface area contributed by atoms with E-state index in [1.54, 1.807) is 23.2 Å². The van der Waals surface area contributed by atoms with Gasteiger partial charge >= 0.3 is 0 Å². The van der Waals surface area contributed by atoms with Gasteiger partial charge < -0.3 is 5.73 Å². The third-order valence-corrected chi connectivity index (χ3v) is 2.18. The van der Waals surface area contributed by atoms with E-state index in [0.717, 1.165) is 5.69 Å². The molecular weight excluding hydrogens is 212 g/mol. The topological polar surface area (TPSA) is 56.7 Å². The second-order valence-corrected chi connectivity index (χ2v) is 4.84. The quantitative estimate of drug-likeness (QED) is 0.797. The van der Waals surface area contributed by atoms with Crippen LogP contribution in [-0.4, -0.2) is 14.8 Å². The monoisotopic (exact) mass is 232 g/mol. The van der Waals surface area contributed by atoms with Crippen LogP contribution in [0.15, 0.2) is 37.2 Å². The predicted molar refractivity (Wildman–Crippen MR) is 71.0 cm³/mol.